The maximum Gasteiger partial charge on any atom is 0.191 e. The van der Waals surface area contributed by atoms with E-state index in [4.69, 9.17) is 4.74 Å². The summed E-state index contributed by atoms with van der Waals surface area (Å²) in [4.78, 5) is 7.20. The van der Waals surface area contributed by atoms with Gasteiger partial charge < -0.3 is 15.4 Å². The molecular formula is C15H27N3OS. The van der Waals surface area contributed by atoms with Gasteiger partial charge in [0, 0.05) is 29.5 Å². The average molecular weight is 297 g/mol. The van der Waals surface area contributed by atoms with Gasteiger partial charge in [-0.05, 0) is 31.9 Å². The molecule has 0 aromatic carbocycles. The lowest BCUT2D eigenvalue weighted by Crippen LogP contribution is -2.39. The van der Waals surface area contributed by atoms with E-state index < -0.39 is 0 Å². The molecule has 5 heteroatoms. The van der Waals surface area contributed by atoms with Crippen molar-refractivity contribution < 1.29 is 4.74 Å². The van der Waals surface area contributed by atoms with Gasteiger partial charge >= 0.3 is 0 Å². The highest BCUT2D eigenvalue weighted by Gasteiger charge is 1.99. The van der Waals surface area contributed by atoms with Crippen LogP contribution >= 0.6 is 11.3 Å². The molecule has 20 heavy (non-hydrogen) atoms. The predicted octanol–water partition coefficient (Wildman–Crippen LogP) is 2.78. The molecule has 1 aromatic heterocycles. The molecule has 0 aliphatic carbocycles. The molecule has 0 aliphatic rings. The zero-order valence-electron chi connectivity index (χ0n) is 13.0. The Balaban J connectivity index is 2.31. The van der Waals surface area contributed by atoms with Gasteiger partial charge in [-0.15, -0.1) is 11.3 Å². The molecule has 0 saturated heterocycles. The summed E-state index contributed by atoms with van der Waals surface area (Å²) in [7, 11) is 0. The number of guanidine groups is 1. The number of hydrogen-bond donors (Lipinski definition) is 2. The predicted molar refractivity (Wildman–Crippen MR) is 87.5 cm³/mol. The Kier molecular flexibility index (Phi) is 8.30. The molecule has 0 radical (unpaired) electrons. The van der Waals surface area contributed by atoms with Crippen LogP contribution in [0.25, 0.3) is 0 Å². The molecule has 114 valence electrons. The van der Waals surface area contributed by atoms with Gasteiger partial charge in [0.2, 0.25) is 0 Å². The number of nitrogens with zero attached hydrogens (tertiary/aromatic N) is 1. The molecule has 0 amide bonds. The molecule has 0 aliphatic heterocycles. The van der Waals surface area contributed by atoms with Crippen LogP contribution in [0.4, 0.5) is 0 Å². The Labute approximate surface area is 126 Å². The van der Waals surface area contributed by atoms with Crippen LogP contribution < -0.4 is 10.6 Å². The van der Waals surface area contributed by atoms with E-state index in [-0.39, 0.29) is 0 Å². The van der Waals surface area contributed by atoms with Gasteiger partial charge in [0.15, 0.2) is 5.96 Å². The van der Waals surface area contributed by atoms with Crippen LogP contribution in [0, 0.1) is 12.8 Å². The van der Waals surface area contributed by atoms with E-state index in [1.54, 1.807) is 11.3 Å². The van der Waals surface area contributed by atoms with Crippen LogP contribution in [0.2, 0.25) is 0 Å². The Morgan fingerprint density at radius 3 is 2.75 bits per heavy atom. The van der Waals surface area contributed by atoms with Gasteiger partial charge in [-0.25, -0.2) is 4.99 Å². The highest BCUT2D eigenvalue weighted by molar-refractivity contribution is 7.11. The minimum absolute atomic E-state index is 0.582. The number of rotatable bonds is 8. The van der Waals surface area contributed by atoms with E-state index in [2.05, 4.69) is 55.5 Å². The fraction of sp³-hybridized carbons (Fsp3) is 0.667. The quantitative estimate of drug-likeness (QED) is 0.440. The smallest absolute Gasteiger partial charge is 0.191 e. The van der Waals surface area contributed by atoms with Gasteiger partial charge in [0.25, 0.3) is 0 Å². The third kappa shape index (κ3) is 7.50. The Bertz CT molecular complexity index is 402. The SMILES string of the molecule is CCNC(=NCc1ccc(C)s1)NCCOCC(C)C. The monoisotopic (exact) mass is 297 g/mol. The maximum absolute atomic E-state index is 5.55. The molecule has 1 aromatic rings. The van der Waals surface area contributed by atoms with Gasteiger partial charge in [0.1, 0.15) is 0 Å². The lowest BCUT2D eigenvalue weighted by atomic mass is 10.2. The first-order chi connectivity index (χ1) is 9.61. The number of aliphatic imine (C=N–C) groups is 1. The largest absolute Gasteiger partial charge is 0.379 e. The molecule has 2 N–H and O–H groups in total. The number of ether oxygens (including phenoxy) is 1. The van der Waals surface area contributed by atoms with Crippen LogP contribution in [0.3, 0.4) is 0 Å². The first kappa shape index (κ1) is 17.0. The zero-order chi connectivity index (χ0) is 14.8. The highest BCUT2D eigenvalue weighted by atomic mass is 32.1. The second-order valence-electron chi connectivity index (χ2n) is 5.10. The second kappa shape index (κ2) is 9.77. The first-order valence-corrected chi connectivity index (χ1v) is 8.08. The third-order valence-corrected chi connectivity index (χ3v) is 3.51. The Hall–Kier alpha value is -1.07. The summed E-state index contributed by atoms with van der Waals surface area (Å²) in [5, 5.41) is 6.54. The summed E-state index contributed by atoms with van der Waals surface area (Å²) in [6.45, 7) is 12.4. The van der Waals surface area contributed by atoms with E-state index in [0.29, 0.717) is 12.5 Å². The second-order valence-corrected chi connectivity index (χ2v) is 6.48. The maximum atomic E-state index is 5.55. The van der Waals surface area contributed by atoms with Crippen LogP contribution in [-0.4, -0.2) is 32.3 Å². The Morgan fingerprint density at radius 1 is 1.35 bits per heavy atom. The number of nitrogens with one attached hydrogen (secondary N) is 2. The lowest BCUT2D eigenvalue weighted by molar-refractivity contribution is 0.114. The molecule has 1 heterocycles. The van der Waals surface area contributed by atoms with Crippen molar-refractivity contribution in [2.45, 2.75) is 34.2 Å². The minimum Gasteiger partial charge on any atom is -0.379 e. The molecule has 0 bridgehead atoms. The fourth-order valence-electron chi connectivity index (χ4n) is 1.63. The van der Waals surface area contributed by atoms with Crippen LogP contribution in [0.15, 0.2) is 17.1 Å². The third-order valence-electron chi connectivity index (χ3n) is 2.52. The first-order valence-electron chi connectivity index (χ1n) is 7.27. The van der Waals surface area contributed by atoms with Crippen LogP contribution in [-0.2, 0) is 11.3 Å². The standard InChI is InChI=1S/C15H27N3OS/c1-5-16-15(17-8-9-19-11-12(2)3)18-10-14-7-6-13(4)20-14/h6-7,12H,5,8-11H2,1-4H3,(H2,16,17,18). The van der Waals surface area contributed by atoms with Crippen LogP contribution in [0.5, 0.6) is 0 Å². The van der Waals surface area contributed by atoms with Crippen molar-refractivity contribution in [3.05, 3.63) is 21.9 Å². The van der Waals surface area contributed by atoms with Gasteiger partial charge in [-0.3, -0.25) is 0 Å². The number of hydrogen-bond acceptors (Lipinski definition) is 3. The van der Waals surface area contributed by atoms with Crippen molar-refractivity contribution in [3.63, 3.8) is 0 Å². The van der Waals surface area contributed by atoms with Gasteiger partial charge in [-0.1, -0.05) is 13.8 Å². The van der Waals surface area contributed by atoms with E-state index in [1.165, 1.54) is 9.75 Å². The lowest BCUT2D eigenvalue weighted by Gasteiger charge is -2.12. The van der Waals surface area contributed by atoms with Crippen molar-refractivity contribution in [3.8, 4) is 0 Å². The van der Waals surface area contributed by atoms with E-state index in [0.717, 1.165) is 32.2 Å². The fourth-order valence-corrected chi connectivity index (χ4v) is 2.44. The Morgan fingerprint density at radius 2 is 2.15 bits per heavy atom. The molecule has 0 unspecified atom stereocenters. The van der Waals surface area contributed by atoms with Crippen molar-refractivity contribution in [1.29, 1.82) is 0 Å². The summed E-state index contributed by atoms with van der Waals surface area (Å²) in [5.41, 5.74) is 0. The topological polar surface area (TPSA) is 45.7 Å². The van der Waals surface area contributed by atoms with Crippen molar-refractivity contribution in [1.82, 2.24) is 10.6 Å². The molecule has 1 rings (SSSR count). The van der Waals surface area contributed by atoms with Crippen molar-refractivity contribution in [2.75, 3.05) is 26.3 Å². The van der Waals surface area contributed by atoms with Crippen LogP contribution in [0.1, 0.15) is 30.5 Å². The molecule has 0 spiro atoms. The van der Waals surface area contributed by atoms with E-state index in [1.807, 2.05) is 0 Å². The minimum atomic E-state index is 0.582. The molecular weight excluding hydrogens is 270 g/mol. The zero-order valence-corrected chi connectivity index (χ0v) is 13.8. The van der Waals surface area contributed by atoms with Gasteiger partial charge in [0.05, 0.1) is 13.2 Å². The molecule has 0 fully saturated rings. The average Bonchev–Trinajstić information content (AvgIpc) is 2.81. The van der Waals surface area contributed by atoms with Crippen molar-refractivity contribution >= 4 is 17.3 Å². The summed E-state index contributed by atoms with van der Waals surface area (Å²) >= 11 is 1.80. The van der Waals surface area contributed by atoms with E-state index in [9.17, 15) is 0 Å². The molecule has 0 saturated carbocycles. The number of thiophene rings is 1. The van der Waals surface area contributed by atoms with E-state index >= 15 is 0 Å². The normalized spacial score (nSPS) is 11.9. The van der Waals surface area contributed by atoms with Gasteiger partial charge in [-0.2, -0.15) is 0 Å². The summed E-state index contributed by atoms with van der Waals surface area (Å²) < 4.78 is 5.55. The number of aryl methyl sites for hydroxylation is 1. The summed E-state index contributed by atoms with van der Waals surface area (Å²) in [5.74, 6) is 1.44. The highest BCUT2D eigenvalue weighted by Crippen LogP contribution is 2.15. The van der Waals surface area contributed by atoms with Crippen molar-refractivity contribution in [2.24, 2.45) is 10.9 Å². The summed E-state index contributed by atoms with van der Waals surface area (Å²) in [6.07, 6.45) is 0. The molecule has 4 nitrogen and oxygen atoms in total. The summed E-state index contributed by atoms with van der Waals surface area (Å²) in [6, 6.07) is 4.27. The molecule has 0 atom stereocenters.